The van der Waals surface area contributed by atoms with Crippen molar-refractivity contribution in [3.05, 3.63) is 33.8 Å². The highest BCUT2D eigenvalue weighted by Crippen LogP contribution is 2.27. The number of rotatable bonds is 9. The molecule has 0 heterocycles. The monoisotopic (exact) mass is 315 g/mol. The van der Waals surface area contributed by atoms with Crippen molar-refractivity contribution in [3.8, 4) is 0 Å². The molecule has 0 saturated carbocycles. The van der Waals surface area contributed by atoms with E-state index in [-0.39, 0.29) is 0 Å². The van der Waals surface area contributed by atoms with Crippen molar-refractivity contribution in [3.63, 3.8) is 0 Å². The predicted molar refractivity (Wildman–Crippen MR) is 90.8 cm³/mol. The van der Waals surface area contributed by atoms with E-state index in [0.717, 1.165) is 18.9 Å². The number of hydrogen-bond acceptors (Lipinski definition) is 1. The van der Waals surface area contributed by atoms with Crippen LogP contribution in [0.4, 0.5) is 0 Å². The minimum absolute atomic E-state index is 0.362. The van der Waals surface area contributed by atoms with Crippen LogP contribution in [0.2, 0.25) is 10.0 Å². The molecule has 2 unspecified atom stereocenters. The van der Waals surface area contributed by atoms with Gasteiger partial charge in [-0.25, -0.2) is 0 Å². The Morgan fingerprint density at radius 2 is 1.80 bits per heavy atom. The molecule has 0 aliphatic carbocycles. The van der Waals surface area contributed by atoms with Crippen LogP contribution in [0.5, 0.6) is 0 Å². The Kier molecular flexibility index (Phi) is 8.60. The summed E-state index contributed by atoms with van der Waals surface area (Å²) in [5.74, 6) is 0.770. The fourth-order valence-electron chi connectivity index (χ4n) is 2.48. The third kappa shape index (κ3) is 5.63. The first-order chi connectivity index (χ1) is 9.62. The summed E-state index contributed by atoms with van der Waals surface area (Å²) in [5, 5.41) is 4.96. The third-order valence-corrected chi connectivity index (χ3v) is 4.69. The van der Waals surface area contributed by atoms with Crippen LogP contribution in [-0.2, 0) is 0 Å². The van der Waals surface area contributed by atoms with Crippen LogP contribution in [0.25, 0.3) is 0 Å². The van der Waals surface area contributed by atoms with Crippen LogP contribution in [0, 0.1) is 5.92 Å². The lowest BCUT2D eigenvalue weighted by Crippen LogP contribution is -2.27. The van der Waals surface area contributed by atoms with Gasteiger partial charge in [0, 0.05) is 6.04 Å². The van der Waals surface area contributed by atoms with Gasteiger partial charge in [-0.05, 0) is 43.0 Å². The molecule has 0 aromatic heterocycles. The van der Waals surface area contributed by atoms with Crippen LogP contribution in [-0.4, -0.2) is 6.54 Å². The van der Waals surface area contributed by atoms with Crippen molar-refractivity contribution >= 4 is 23.2 Å². The minimum Gasteiger partial charge on any atom is -0.310 e. The molecule has 20 heavy (non-hydrogen) atoms. The summed E-state index contributed by atoms with van der Waals surface area (Å²) in [7, 11) is 0. The second-order valence-corrected chi connectivity index (χ2v) is 6.27. The molecule has 0 aliphatic heterocycles. The standard InChI is InChI=1S/C17H27Cl2N/c1-4-7-8-13(5-2)12-20-17(6-3)14-9-10-15(18)16(19)11-14/h9-11,13,17,20H,4-8,12H2,1-3H3. The van der Waals surface area contributed by atoms with E-state index < -0.39 is 0 Å². The zero-order chi connectivity index (χ0) is 15.0. The van der Waals surface area contributed by atoms with Gasteiger partial charge in [-0.2, -0.15) is 0 Å². The van der Waals surface area contributed by atoms with Gasteiger partial charge in [-0.3, -0.25) is 0 Å². The average Bonchev–Trinajstić information content (AvgIpc) is 2.46. The molecular weight excluding hydrogens is 289 g/mol. The molecule has 1 N–H and O–H groups in total. The molecule has 1 nitrogen and oxygen atoms in total. The third-order valence-electron chi connectivity index (χ3n) is 3.95. The van der Waals surface area contributed by atoms with E-state index in [0.29, 0.717) is 16.1 Å². The fourth-order valence-corrected chi connectivity index (χ4v) is 2.79. The number of unbranched alkanes of at least 4 members (excludes halogenated alkanes) is 1. The summed E-state index contributed by atoms with van der Waals surface area (Å²) < 4.78 is 0. The quantitative estimate of drug-likeness (QED) is 0.567. The fraction of sp³-hybridized carbons (Fsp3) is 0.647. The molecule has 0 amide bonds. The summed E-state index contributed by atoms with van der Waals surface area (Å²) in [6, 6.07) is 6.30. The van der Waals surface area contributed by atoms with E-state index in [1.54, 1.807) is 0 Å². The van der Waals surface area contributed by atoms with Crippen molar-refractivity contribution in [2.45, 2.75) is 58.9 Å². The molecule has 1 aromatic carbocycles. The van der Waals surface area contributed by atoms with E-state index in [1.165, 1.54) is 31.2 Å². The van der Waals surface area contributed by atoms with Crippen molar-refractivity contribution < 1.29 is 0 Å². The number of nitrogens with one attached hydrogen (secondary N) is 1. The van der Waals surface area contributed by atoms with Crippen molar-refractivity contribution in [2.24, 2.45) is 5.92 Å². The largest absolute Gasteiger partial charge is 0.310 e. The van der Waals surface area contributed by atoms with Gasteiger partial charge in [0.15, 0.2) is 0 Å². The lowest BCUT2D eigenvalue weighted by molar-refractivity contribution is 0.386. The van der Waals surface area contributed by atoms with Gasteiger partial charge in [0.2, 0.25) is 0 Å². The van der Waals surface area contributed by atoms with Gasteiger partial charge in [0.05, 0.1) is 10.0 Å². The van der Waals surface area contributed by atoms with E-state index in [4.69, 9.17) is 23.2 Å². The maximum absolute atomic E-state index is 6.11. The Morgan fingerprint density at radius 3 is 2.35 bits per heavy atom. The van der Waals surface area contributed by atoms with E-state index in [2.05, 4.69) is 32.2 Å². The van der Waals surface area contributed by atoms with Crippen LogP contribution in [0.15, 0.2) is 18.2 Å². The van der Waals surface area contributed by atoms with Crippen LogP contribution in [0.1, 0.15) is 64.5 Å². The highest BCUT2D eigenvalue weighted by molar-refractivity contribution is 6.42. The molecule has 114 valence electrons. The number of hydrogen-bond donors (Lipinski definition) is 1. The molecular formula is C17H27Cl2N. The molecule has 0 radical (unpaired) electrons. The average molecular weight is 316 g/mol. The van der Waals surface area contributed by atoms with Crippen molar-refractivity contribution in [1.29, 1.82) is 0 Å². The Hall–Kier alpha value is -0.240. The SMILES string of the molecule is CCCCC(CC)CNC(CC)c1ccc(Cl)c(Cl)c1. The Balaban J connectivity index is 2.59. The second kappa shape index (κ2) is 9.65. The summed E-state index contributed by atoms with van der Waals surface area (Å²) in [6.07, 6.45) is 6.22. The zero-order valence-corrected chi connectivity index (χ0v) is 14.4. The van der Waals surface area contributed by atoms with Crippen LogP contribution < -0.4 is 5.32 Å². The molecule has 0 saturated heterocycles. The maximum atomic E-state index is 6.11. The summed E-state index contributed by atoms with van der Waals surface area (Å²) >= 11 is 12.1. The van der Waals surface area contributed by atoms with Gasteiger partial charge in [0.25, 0.3) is 0 Å². The lowest BCUT2D eigenvalue weighted by Gasteiger charge is -2.22. The number of halogens is 2. The van der Waals surface area contributed by atoms with E-state index in [9.17, 15) is 0 Å². The second-order valence-electron chi connectivity index (χ2n) is 5.46. The van der Waals surface area contributed by atoms with Gasteiger partial charge < -0.3 is 5.32 Å². The Morgan fingerprint density at radius 1 is 1.05 bits per heavy atom. The summed E-state index contributed by atoms with van der Waals surface area (Å²) in [4.78, 5) is 0. The van der Waals surface area contributed by atoms with Crippen LogP contribution >= 0.6 is 23.2 Å². The van der Waals surface area contributed by atoms with E-state index >= 15 is 0 Å². The Bertz CT molecular complexity index is 393. The summed E-state index contributed by atoms with van der Waals surface area (Å²) in [5.41, 5.74) is 1.23. The first-order valence-electron chi connectivity index (χ1n) is 7.80. The molecule has 0 bridgehead atoms. The summed E-state index contributed by atoms with van der Waals surface area (Å²) in [6.45, 7) is 7.81. The molecule has 0 fully saturated rings. The van der Waals surface area contributed by atoms with Crippen molar-refractivity contribution in [1.82, 2.24) is 5.32 Å². The highest BCUT2D eigenvalue weighted by atomic mass is 35.5. The van der Waals surface area contributed by atoms with Crippen LogP contribution in [0.3, 0.4) is 0 Å². The normalized spacial score (nSPS) is 14.2. The molecule has 3 heteroatoms. The lowest BCUT2D eigenvalue weighted by atomic mass is 9.97. The van der Waals surface area contributed by atoms with Crippen molar-refractivity contribution in [2.75, 3.05) is 6.54 Å². The topological polar surface area (TPSA) is 12.0 Å². The smallest absolute Gasteiger partial charge is 0.0595 e. The van der Waals surface area contributed by atoms with E-state index in [1.807, 2.05) is 12.1 Å². The number of benzene rings is 1. The first-order valence-corrected chi connectivity index (χ1v) is 8.56. The Labute approximate surface area is 134 Å². The zero-order valence-electron chi connectivity index (χ0n) is 12.9. The van der Waals surface area contributed by atoms with Gasteiger partial charge in [-0.1, -0.05) is 69.3 Å². The molecule has 0 aliphatic rings. The highest BCUT2D eigenvalue weighted by Gasteiger charge is 2.13. The van der Waals surface area contributed by atoms with Gasteiger partial charge in [-0.15, -0.1) is 0 Å². The minimum atomic E-state index is 0.362. The molecule has 2 atom stereocenters. The maximum Gasteiger partial charge on any atom is 0.0595 e. The van der Waals surface area contributed by atoms with Gasteiger partial charge >= 0.3 is 0 Å². The predicted octanol–water partition coefficient (Wildman–Crippen LogP) is 6.25. The van der Waals surface area contributed by atoms with Gasteiger partial charge in [0.1, 0.15) is 0 Å². The molecule has 0 spiro atoms. The molecule has 1 aromatic rings. The first kappa shape index (κ1) is 17.8. The molecule has 1 rings (SSSR count).